The van der Waals surface area contributed by atoms with Crippen LogP contribution < -0.4 is 5.73 Å². The average Bonchev–Trinajstić information content (AvgIpc) is 2.68. The molecule has 0 atom stereocenters. The van der Waals surface area contributed by atoms with Crippen molar-refractivity contribution in [1.29, 1.82) is 0 Å². The SMILES string of the molecule is NCCOCCCCCCCCCCCCCCCCCCCCOP=O. The van der Waals surface area contributed by atoms with Gasteiger partial charge in [-0.1, -0.05) is 103 Å². The Morgan fingerprint density at radius 3 is 1.15 bits per heavy atom. The van der Waals surface area contributed by atoms with Crippen molar-refractivity contribution in [1.82, 2.24) is 0 Å². The minimum absolute atomic E-state index is 0.176. The first-order valence-electron chi connectivity index (χ1n) is 11.6. The largest absolute Gasteiger partial charge is 0.380 e. The molecule has 162 valence electrons. The third-order valence-electron chi connectivity index (χ3n) is 5.09. The van der Waals surface area contributed by atoms with Crippen LogP contribution in [0.1, 0.15) is 116 Å². The predicted octanol–water partition coefficient (Wildman–Crippen LogP) is 7.21. The summed E-state index contributed by atoms with van der Waals surface area (Å²) in [7, 11) is -0.176. The van der Waals surface area contributed by atoms with E-state index >= 15 is 0 Å². The molecule has 0 fully saturated rings. The Kier molecular flexibility index (Phi) is 26.0. The molecule has 0 aromatic heterocycles. The van der Waals surface area contributed by atoms with Crippen LogP contribution in [0.2, 0.25) is 0 Å². The quantitative estimate of drug-likeness (QED) is 0.137. The minimum atomic E-state index is -0.176. The molecule has 0 aliphatic rings. The zero-order valence-corrected chi connectivity index (χ0v) is 18.7. The first kappa shape index (κ1) is 27.0. The molecule has 0 aromatic rings. The molecule has 5 heteroatoms. The van der Waals surface area contributed by atoms with Gasteiger partial charge in [0, 0.05) is 13.2 Å². The third kappa shape index (κ3) is 26.0. The van der Waals surface area contributed by atoms with Crippen molar-refractivity contribution < 1.29 is 13.8 Å². The Balaban J connectivity index is 2.96. The Hall–Kier alpha value is -0.0200. The van der Waals surface area contributed by atoms with Crippen molar-refractivity contribution in [3.8, 4) is 0 Å². The number of hydrogen-bond donors (Lipinski definition) is 1. The fourth-order valence-corrected chi connectivity index (χ4v) is 3.63. The molecule has 0 amide bonds. The lowest BCUT2D eigenvalue weighted by atomic mass is 10.0. The van der Waals surface area contributed by atoms with Gasteiger partial charge >= 0.3 is 8.69 Å². The van der Waals surface area contributed by atoms with E-state index in [0.29, 0.717) is 19.8 Å². The molecule has 0 aliphatic heterocycles. The molecule has 0 rings (SSSR count). The molecule has 0 unspecified atom stereocenters. The lowest BCUT2D eigenvalue weighted by Crippen LogP contribution is -2.08. The van der Waals surface area contributed by atoms with Gasteiger partial charge in [-0.25, -0.2) is 4.57 Å². The highest BCUT2D eigenvalue weighted by molar-refractivity contribution is 7.17. The summed E-state index contributed by atoms with van der Waals surface area (Å²) in [6.45, 7) is 2.87. The summed E-state index contributed by atoms with van der Waals surface area (Å²) in [6.07, 6.45) is 24.3. The second-order valence-electron chi connectivity index (χ2n) is 7.67. The second-order valence-corrected chi connectivity index (χ2v) is 8.08. The summed E-state index contributed by atoms with van der Waals surface area (Å²) in [5.74, 6) is 0. The van der Waals surface area contributed by atoms with Crippen molar-refractivity contribution in [3.63, 3.8) is 0 Å². The summed E-state index contributed by atoms with van der Waals surface area (Å²) in [5.41, 5.74) is 5.39. The van der Waals surface area contributed by atoms with E-state index in [1.165, 1.54) is 109 Å². The van der Waals surface area contributed by atoms with E-state index in [1.807, 2.05) is 0 Å². The van der Waals surface area contributed by atoms with Gasteiger partial charge < -0.3 is 10.5 Å². The summed E-state index contributed by atoms with van der Waals surface area (Å²) >= 11 is 0. The summed E-state index contributed by atoms with van der Waals surface area (Å²) < 4.78 is 20.3. The molecule has 0 saturated heterocycles. The highest BCUT2D eigenvalue weighted by Crippen LogP contribution is 2.14. The van der Waals surface area contributed by atoms with E-state index < -0.39 is 0 Å². The molecule has 2 N–H and O–H groups in total. The maximum Gasteiger partial charge on any atom is 0.327 e. The number of hydrogen-bond acceptors (Lipinski definition) is 4. The van der Waals surface area contributed by atoms with Crippen molar-refractivity contribution in [2.24, 2.45) is 5.73 Å². The van der Waals surface area contributed by atoms with Crippen LogP contribution in [0, 0.1) is 0 Å². The standard InChI is InChI=1S/C22H46NO3P/c23-19-22-25-20-17-15-13-11-9-7-5-3-1-2-4-6-8-10-12-14-16-18-21-26-27-24/h1-23H2. The van der Waals surface area contributed by atoms with Gasteiger partial charge in [-0.15, -0.1) is 0 Å². The van der Waals surface area contributed by atoms with Gasteiger partial charge in [-0.05, 0) is 12.8 Å². The van der Waals surface area contributed by atoms with Gasteiger partial charge in [-0.3, -0.25) is 4.52 Å². The third-order valence-corrected chi connectivity index (χ3v) is 5.38. The molecule has 0 spiro atoms. The first-order chi connectivity index (χ1) is 13.4. The number of unbranched alkanes of at least 4 members (excludes halogenated alkanes) is 17. The zero-order valence-electron chi connectivity index (χ0n) is 17.8. The second kappa shape index (κ2) is 26.0. The van der Waals surface area contributed by atoms with E-state index in [-0.39, 0.29) is 8.69 Å². The molecule has 0 aliphatic carbocycles. The van der Waals surface area contributed by atoms with Crippen LogP contribution in [-0.2, 0) is 13.8 Å². The zero-order chi connectivity index (χ0) is 19.7. The van der Waals surface area contributed by atoms with Gasteiger partial charge in [-0.2, -0.15) is 0 Å². The highest BCUT2D eigenvalue weighted by atomic mass is 31.1. The summed E-state index contributed by atoms with van der Waals surface area (Å²) in [4.78, 5) is 0. The molecule has 0 aromatic carbocycles. The van der Waals surface area contributed by atoms with Crippen LogP contribution >= 0.6 is 8.69 Å². The van der Waals surface area contributed by atoms with E-state index in [0.717, 1.165) is 13.0 Å². The molecule has 0 radical (unpaired) electrons. The van der Waals surface area contributed by atoms with E-state index in [1.54, 1.807) is 0 Å². The average molecular weight is 404 g/mol. The minimum Gasteiger partial charge on any atom is -0.380 e. The molecule has 0 saturated carbocycles. The Morgan fingerprint density at radius 2 is 0.815 bits per heavy atom. The molecule has 4 nitrogen and oxygen atoms in total. The fraction of sp³-hybridized carbons (Fsp3) is 1.00. The van der Waals surface area contributed by atoms with Crippen LogP contribution in [0.3, 0.4) is 0 Å². The van der Waals surface area contributed by atoms with Crippen molar-refractivity contribution in [3.05, 3.63) is 0 Å². The molecular formula is C22H46NO3P. The number of rotatable bonds is 24. The smallest absolute Gasteiger partial charge is 0.327 e. The van der Waals surface area contributed by atoms with Crippen molar-refractivity contribution in [2.75, 3.05) is 26.4 Å². The first-order valence-corrected chi connectivity index (χ1v) is 12.4. The number of nitrogens with two attached hydrogens (primary N) is 1. The van der Waals surface area contributed by atoms with Crippen LogP contribution in [0.5, 0.6) is 0 Å². The fourth-order valence-electron chi connectivity index (χ4n) is 3.42. The summed E-state index contributed by atoms with van der Waals surface area (Å²) in [5, 5.41) is 0. The van der Waals surface area contributed by atoms with Crippen molar-refractivity contribution >= 4 is 8.69 Å². The molecule has 0 bridgehead atoms. The van der Waals surface area contributed by atoms with E-state index in [4.69, 9.17) is 15.0 Å². The Labute approximate surface area is 170 Å². The van der Waals surface area contributed by atoms with E-state index in [9.17, 15) is 4.57 Å². The number of ether oxygens (including phenoxy) is 1. The molecular weight excluding hydrogens is 357 g/mol. The summed E-state index contributed by atoms with van der Waals surface area (Å²) in [6, 6.07) is 0. The van der Waals surface area contributed by atoms with Gasteiger partial charge in [0.1, 0.15) is 0 Å². The van der Waals surface area contributed by atoms with Crippen LogP contribution in [0.25, 0.3) is 0 Å². The molecule has 0 heterocycles. The van der Waals surface area contributed by atoms with Gasteiger partial charge in [0.2, 0.25) is 0 Å². The lowest BCUT2D eigenvalue weighted by Gasteiger charge is -2.04. The normalized spacial score (nSPS) is 11.4. The Bertz CT molecular complexity index is 280. The lowest BCUT2D eigenvalue weighted by molar-refractivity contribution is 0.137. The topological polar surface area (TPSA) is 61.6 Å². The van der Waals surface area contributed by atoms with E-state index in [2.05, 4.69) is 0 Å². The van der Waals surface area contributed by atoms with Gasteiger partial charge in [0.15, 0.2) is 0 Å². The predicted molar refractivity (Wildman–Crippen MR) is 117 cm³/mol. The van der Waals surface area contributed by atoms with Crippen molar-refractivity contribution in [2.45, 2.75) is 116 Å². The maximum absolute atomic E-state index is 10.1. The highest BCUT2D eigenvalue weighted by Gasteiger charge is 1.95. The monoisotopic (exact) mass is 403 g/mol. The Morgan fingerprint density at radius 1 is 0.481 bits per heavy atom. The van der Waals surface area contributed by atoms with Crippen LogP contribution in [0.4, 0.5) is 0 Å². The molecule has 27 heavy (non-hydrogen) atoms. The van der Waals surface area contributed by atoms with Crippen LogP contribution in [0.15, 0.2) is 0 Å². The van der Waals surface area contributed by atoms with Gasteiger partial charge in [0.05, 0.1) is 13.2 Å². The maximum atomic E-state index is 10.1. The van der Waals surface area contributed by atoms with Crippen LogP contribution in [-0.4, -0.2) is 26.4 Å². The van der Waals surface area contributed by atoms with Gasteiger partial charge in [0.25, 0.3) is 0 Å².